The van der Waals surface area contributed by atoms with Crippen LogP contribution in [0.25, 0.3) is 5.69 Å². The van der Waals surface area contributed by atoms with Crippen molar-refractivity contribution in [2.24, 2.45) is 0 Å². The van der Waals surface area contributed by atoms with Crippen LogP contribution in [-0.4, -0.2) is 66.0 Å². The Hall–Kier alpha value is -3.35. The van der Waals surface area contributed by atoms with Crippen molar-refractivity contribution in [1.82, 2.24) is 14.1 Å². The zero-order valence-corrected chi connectivity index (χ0v) is 23.5. The molecule has 1 aromatic heterocycles. The van der Waals surface area contributed by atoms with Crippen LogP contribution in [0.4, 0.5) is 14.5 Å². The second-order valence-electron chi connectivity index (χ2n) is 10.7. The molecule has 0 unspecified atom stereocenters. The van der Waals surface area contributed by atoms with E-state index in [1.54, 1.807) is 24.3 Å². The van der Waals surface area contributed by atoms with Gasteiger partial charge in [-0.1, -0.05) is 49.6 Å². The van der Waals surface area contributed by atoms with Crippen LogP contribution in [0.15, 0.2) is 59.5 Å². The van der Waals surface area contributed by atoms with Crippen molar-refractivity contribution in [3.8, 4) is 11.4 Å². The number of aromatic nitrogens is 2. The van der Waals surface area contributed by atoms with E-state index in [2.05, 4.69) is 5.10 Å². The third kappa shape index (κ3) is 6.94. The molecule has 2 aromatic carbocycles. The van der Waals surface area contributed by atoms with Gasteiger partial charge < -0.3 is 14.7 Å². The minimum Gasteiger partial charge on any atom is -0.486 e. The summed E-state index contributed by atoms with van der Waals surface area (Å²) in [5.41, 5.74) is -0.603. The molecule has 2 aliphatic rings. The number of anilines is 1. The molecule has 41 heavy (non-hydrogen) atoms. The summed E-state index contributed by atoms with van der Waals surface area (Å²) < 4.78 is 62.2. The van der Waals surface area contributed by atoms with Crippen LogP contribution in [0, 0.1) is 11.6 Å². The number of halogens is 2. The van der Waals surface area contributed by atoms with Crippen LogP contribution in [0.5, 0.6) is 5.75 Å². The Kier molecular flexibility index (Phi) is 8.71. The maximum atomic E-state index is 13.9. The first-order chi connectivity index (χ1) is 19.6. The number of rotatable bonds is 9. The first kappa shape index (κ1) is 29.2. The molecular formula is C29H34F2N4O5S. The number of sulfonamides is 1. The van der Waals surface area contributed by atoms with Gasteiger partial charge in [0.05, 0.1) is 29.8 Å². The summed E-state index contributed by atoms with van der Waals surface area (Å²) in [6.07, 6.45) is 5.95. The zero-order chi connectivity index (χ0) is 29.0. The number of benzene rings is 2. The first-order valence-corrected chi connectivity index (χ1v) is 15.5. The Morgan fingerprint density at radius 1 is 0.951 bits per heavy atom. The molecule has 0 spiro atoms. The van der Waals surface area contributed by atoms with Crippen LogP contribution in [0.3, 0.4) is 0 Å². The molecule has 1 aliphatic heterocycles. The van der Waals surface area contributed by atoms with Gasteiger partial charge in [0.2, 0.25) is 15.8 Å². The third-order valence-corrected chi connectivity index (χ3v) is 9.62. The number of hydrogen-bond donors (Lipinski definition) is 1. The topological polar surface area (TPSA) is 105 Å². The van der Waals surface area contributed by atoms with Gasteiger partial charge in [-0.05, 0) is 30.5 Å². The molecule has 9 nitrogen and oxygen atoms in total. The highest BCUT2D eigenvalue weighted by Gasteiger charge is 2.31. The standard InChI is InChI=1S/C29H34F2N4O5S/c30-23-17-24(31)19-25(18-23)35-28(36)27(40-16-11-29(37)9-5-2-6-10-29)26(20-32-35)33-12-14-34(15-13-33)41(38,39)21-22-7-3-1-4-8-22/h1,3-4,7-8,17-20,37H,2,5-6,9-16,21H2. The fraction of sp³-hybridized carbons (Fsp3) is 0.448. The van der Waals surface area contributed by atoms with Crippen molar-refractivity contribution in [2.45, 2.75) is 49.9 Å². The summed E-state index contributed by atoms with van der Waals surface area (Å²) in [6, 6.07) is 11.7. The van der Waals surface area contributed by atoms with Crippen molar-refractivity contribution in [2.75, 3.05) is 37.7 Å². The molecule has 1 N–H and O–H groups in total. The SMILES string of the molecule is O=c1c(OCCC2(O)CCCCC2)c(N2CCN(S(=O)(=O)Cc3ccccc3)CC2)cnn1-c1cc(F)cc(F)c1. The number of aliphatic hydroxyl groups is 1. The number of piperazine rings is 1. The van der Waals surface area contributed by atoms with Crippen molar-refractivity contribution < 1.29 is 27.0 Å². The average molecular weight is 589 g/mol. The first-order valence-electron chi connectivity index (χ1n) is 13.8. The molecule has 1 saturated heterocycles. The molecule has 0 radical (unpaired) electrons. The van der Waals surface area contributed by atoms with Gasteiger partial charge >= 0.3 is 5.56 Å². The molecule has 5 rings (SSSR count). The monoisotopic (exact) mass is 588 g/mol. The molecule has 220 valence electrons. The molecular weight excluding hydrogens is 554 g/mol. The van der Waals surface area contributed by atoms with Gasteiger partial charge in [-0.15, -0.1) is 0 Å². The molecule has 1 aliphatic carbocycles. The fourth-order valence-corrected chi connectivity index (χ4v) is 7.04. The maximum Gasteiger partial charge on any atom is 0.316 e. The largest absolute Gasteiger partial charge is 0.486 e. The van der Waals surface area contributed by atoms with Gasteiger partial charge in [0.15, 0.2) is 0 Å². The van der Waals surface area contributed by atoms with Gasteiger partial charge in [0, 0.05) is 38.7 Å². The van der Waals surface area contributed by atoms with Crippen LogP contribution in [-0.2, 0) is 15.8 Å². The minimum absolute atomic E-state index is 0.0612. The van der Waals surface area contributed by atoms with Crippen LogP contribution < -0.4 is 15.2 Å². The molecule has 3 aromatic rings. The lowest BCUT2D eigenvalue weighted by Gasteiger charge is -2.36. The lowest BCUT2D eigenvalue weighted by Crippen LogP contribution is -2.49. The highest BCUT2D eigenvalue weighted by atomic mass is 32.2. The Labute approximate surface area is 238 Å². The van der Waals surface area contributed by atoms with Crippen LogP contribution in [0.1, 0.15) is 44.1 Å². The Bertz CT molecular complexity index is 1500. The number of ether oxygens (including phenoxy) is 1. The van der Waals surface area contributed by atoms with Crippen molar-refractivity contribution in [1.29, 1.82) is 0 Å². The quantitative estimate of drug-likeness (QED) is 0.407. The molecule has 0 atom stereocenters. The van der Waals surface area contributed by atoms with Gasteiger partial charge in [0.25, 0.3) is 0 Å². The zero-order valence-electron chi connectivity index (χ0n) is 22.7. The summed E-state index contributed by atoms with van der Waals surface area (Å²) in [7, 11) is -3.55. The van der Waals surface area contributed by atoms with E-state index in [0.717, 1.165) is 36.1 Å². The predicted octanol–water partition coefficient (Wildman–Crippen LogP) is 3.63. The van der Waals surface area contributed by atoms with E-state index >= 15 is 0 Å². The van der Waals surface area contributed by atoms with E-state index in [4.69, 9.17) is 4.74 Å². The Morgan fingerprint density at radius 3 is 2.27 bits per heavy atom. The van der Waals surface area contributed by atoms with E-state index in [9.17, 15) is 27.1 Å². The summed E-state index contributed by atoms with van der Waals surface area (Å²) in [5, 5.41) is 15.1. The van der Waals surface area contributed by atoms with E-state index in [1.165, 1.54) is 10.5 Å². The lowest BCUT2D eigenvalue weighted by atomic mass is 9.83. The summed E-state index contributed by atoms with van der Waals surface area (Å²) in [5.74, 6) is -1.88. The molecule has 2 heterocycles. The molecule has 0 bridgehead atoms. The second kappa shape index (κ2) is 12.3. The van der Waals surface area contributed by atoms with Crippen molar-refractivity contribution in [3.05, 3.63) is 82.3 Å². The summed E-state index contributed by atoms with van der Waals surface area (Å²) in [6.45, 7) is 1.03. The summed E-state index contributed by atoms with van der Waals surface area (Å²) in [4.78, 5) is 15.4. The van der Waals surface area contributed by atoms with Gasteiger partial charge in [-0.25, -0.2) is 17.2 Å². The minimum atomic E-state index is -3.55. The Morgan fingerprint density at radius 2 is 1.61 bits per heavy atom. The second-order valence-corrected chi connectivity index (χ2v) is 12.7. The van der Waals surface area contributed by atoms with Crippen molar-refractivity contribution in [3.63, 3.8) is 0 Å². The maximum absolute atomic E-state index is 13.9. The van der Waals surface area contributed by atoms with Gasteiger partial charge in [0.1, 0.15) is 17.3 Å². The molecule has 1 saturated carbocycles. The predicted molar refractivity (Wildman–Crippen MR) is 151 cm³/mol. The van der Waals surface area contributed by atoms with Gasteiger partial charge in [-0.3, -0.25) is 4.79 Å². The number of hydrogen-bond acceptors (Lipinski definition) is 7. The lowest BCUT2D eigenvalue weighted by molar-refractivity contribution is -0.0137. The van der Waals surface area contributed by atoms with Crippen molar-refractivity contribution >= 4 is 15.7 Å². The van der Waals surface area contributed by atoms with Gasteiger partial charge in [-0.2, -0.15) is 14.1 Å². The third-order valence-electron chi connectivity index (χ3n) is 7.77. The van der Waals surface area contributed by atoms with E-state index in [1.807, 2.05) is 11.0 Å². The number of nitrogens with zero attached hydrogens (tertiary/aromatic N) is 4. The van der Waals surface area contributed by atoms with E-state index < -0.39 is 32.8 Å². The summed E-state index contributed by atoms with van der Waals surface area (Å²) >= 11 is 0. The molecule has 2 fully saturated rings. The molecule has 12 heteroatoms. The highest BCUT2D eigenvalue weighted by molar-refractivity contribution is 7.88. The van der Waals surface area contributed by atoms with E-state index in [-0.39, 0.29) is 50.0 Å². The molecule has 0 amide bonds. The normalized spacial score (nSPS) is 17.9. The van der Waals surface area contributed by atoms with E-state index in [0.29, 0.717) is 36.6 Å². The average Bonchev–Trinajstić information content (AvgIpc) is 2.94. The van der Waals surface area contributed by atoms with Crippen LogP contribution >= 0.6 is 0 Å². The highest BCUT2D eigenvalue weighted by Crippen LogP contribution is 2.32. The fourth-order valence-electron chi connectivity index (χ4n) is 5.52. The van der Waals surface area contributed by atoms with Crippen LogP contribution in [0.2, 0.25) is 0 Å². The Balaban J connectivity index is 1.37. The smallest absolute Gasteiger partial charge is 0.316 e.